The number of phosphoric acid groups is 1. The van der Waals surface area contributed by atoms with Crippen LogP contribution in [0.3, 0.4) is 0 Å². The van der Waals surface area contributed by atoms with Gasteiger partial charge < -0.3 is 24.2 Å². The van der Waals surface area contributed by atoms with E-state index in [1.54, 1.807) is 0 Å². The van der Waals surface area contributed by atoms with E-state index in [9.17, 15) is 28.9 Å². The first-order valence-corrected chi connectivity index (χ1v) is 29.7. The summed E-state index contributed by atoms with van der Waals surface area (Å²) in [6.45, 7) is 4.45. The van der Waals surface area contributed by atoms with E-state index in [0.717, 1.165) is 70.6 Å². The Morgan fingerprint density at radius 3 is 1.23 bits per heavy atom. The number of carbonyl (C=O) groups is 3. The minimum Gasteiger partial charge on any atom is -0.462 e. The van der Waals surface area contributed by atoms with Crippen molar-refractivity contribution in [3.8, 4) is 0 Å². The van der Waals surface area contributed by atoms with Gasteiger partial charge in [0.2, 0.25) is 0 Å². The zero-order chi connectivity index (χ0) is 51.3. The topological polar surface area (TPSA) is 155 Å². The Morgan fingerprint density at radius 1 is 0.414 bits per heavy atom. The molecule has 0 saturated heterocycles. The molecule has 0 amide bonds. The average Bonchev–Trinajstić information content (AvgIpc) is 3.35. The first-order valence-electron chi connectivity index (χ1n) is 28.2. The van der Waals surface area contributed by atoms with E-state index in [2.05, 4.69) is 69.4 Å². The van der Waals surface area contributed by atoms with Gasteiger partial charge in [0.1, 0.15) is 12.7 Å². The first-order chi connectivity index (χ1) is 34.2. The van der Waals surface area contributed by atoms with Crippen LogP contribution in [0.2, 0.25) is 0 Å². The minimum atomic E-state index is -4.76. The van der Waals surface area contributed by atoms with Crippen molar-refractivity contribution in [3.63, 3.8) is 0 Å². The number of phosphoric ester groups is 1. The number of hydrogen-bond donors (Lipinski definition) is 2. The quantitative estimate of drug-likeness (QED) is 0.0197. The molecule has 2 N–H and O–H groups in total. The van der Waals surface area contributed by atoms with E-state index in [0.29, 0.717) is 19.3 Å². The molecule has 12 heteroatoms. The summed E-state index contributed by atoms with van der Waals surface area (Å²) >= 11 is 0. The van der Waals surface area contributed by atoms with Crippen LogP contribution in [-0.2, 0) is 42.2 Å². The SMILES string of the molecule is CC/C=C\C/C=C\C/C=C\C/C=C\CCC(=O)OC(COC(=O)CCCCCCCCC/C=C\CCCCCCCC)COP(=O)(O)OCC(CO)OC(=O)CCCCCCCCCCCCCCC. The van der Waals surface area contributed by atoms with Gasteiger partial charge in [0.25, 0.3) is 0 Å². The van der Waals surface area contributed by atoms with Crippen LogP contribution in [0.15, 0.2) is 60.8 Å². The number of hydrogen-bond acceptors (Lipinski definition) is 10. The molecule has 0 aliphatic heterocycles. The van der Waals surface area contributed by atoms with E-state index in [-0.39, 0.29) is 25.9 Å². The number of allylic oxidation sites excluding steroid dienone is 10. The summed E-state index contributed by atoms with van der Waals surface area (Å²) in [4.78, 5) is 48.4. The highest BCUT2D eigenvalue weighted by Crippen LogP contribution is 2.43. The molecule has 0 aromatic rings. The van der Waals surface area contributed by atoms with Crippen LogP contribution >= 0.6 is 7.82 Å². The predicted octanol–water partition coefficient (Wildman–Crippen LogP) is 16.4. The van der Waals surface area contributed by atoms with Gasteiger partial charge in [-0.25, -0.2) is 4.57 Å². The Labute approximate surface area is 427 Å². The van der Waals surface area contributed by atoms with Crippen LogP contribution in [0.5, 0.6) is 0 Å². The summed E-state index contributed by atoms with van der Waals surface area (Å²) < 4.78 is 39.4. The molecule has 0 aromatic heterocycles. The van der Waals surface area contributed by atoms with Gasteiger partial charge >= 0.3 is 25.7 Å². The molecule has 0 bridgehead atoms. The van der Waals surface area contributed by atoms with Crippen molar-refractivity contribution in [2.75, 3.05) is 26.4 Å². The van der Waals surface area contributed by atoms with Crippen LogP contribution in [-0.4, -0.2) is 66.5 Å². The maximum atomic E-state index is 12.9. The Morgan fingerprint density at radius 2 is 0.771 bits per heavy atom. The van der Waals surface area contributed by atoms with Crippen LogP contribution in [0.25, 0.3) is 0 Å². The molecule has 0 spiro atoms. The number of unbranched alkanes of at least 4 members (excludes halogenated alkanes) is 25. The molecule has 406 valence electrons. The second kappa shape index (κ2) is 52.5. The molecule has 70 heavy (non-hydrogen) atoms. The van der Waals surface area contributed by atoms with Crippen LogP contribution in [0.1, 0.15) is 252 Å². The molecule has 11 nitrogen and oxygen atoms in total. The van der Waals surface area contributed by atoms with Gasteiger partial charge in [0, 0.05) is 19.3 Å². The van der Waals surface area contributed by atoms with Gasteiger partial charge in [-0.15, -0.1) is 0 Å². The zero-order valence-electron chi connectivity index (χ0n) is 44.7. The van der Waals surface area contributed by atoms with Crippen LogP contribution in [0, 0.1) is 0 Å². The number of carbonyl (C=O) groups excluding carboxylic acids is 3. The lowest BCUT2D eigenvalue weighted by Gasteiger charge is -2.21. The number of aliphatic hydroxyl groups is 1. The summed E-state index contributed by atoms with van der Waals surface area (Å²) in [7, 11) is -4.76. The smallest absolute Gasteiger partial charge is 0.462 e. The number of rotatable bonds is 52. The fraction of sp³-hybridized carbons (Fsp3) is 0.776. The molecule has 0 aromatic carbocycles. The fourth-order valence-corrected chi connectivity index (χ4v) is 8.44. The van der Waals surface area contributed by atoms with Crippen molar-refractivity contribution in [1.82, 2.24) is 0 Å². The molecule has 0 aliphatic carbocycles. The van der Waals surface area contributed by atoms with Crippen LogP contribution < -0.4 is 0 Å². The monoisotopic (exact) mass is 1010 g/mol. The van der Waals surface area contributed by atoms with Gasteiger partial charge in [0.05, 0.1) is 19.8 Å². The number of aliphatic hydroxyl groups excluding tert-OH is 1. The molecule has 0 heterocycles. The molecule has 3 atom stereocenters. The van der Waals surface area contributed by atoms with Gasteiger partial charge in [-0.1, -0.05) is 223 Å². The molecule has 0 radical (unpaired) electrons. The molecular formula is C58H103O11P. The summed E-state index contributed by atoms with van der Waals surface area (Å²) in [5.74, 6) is -1.56. The summed E-state index contributed by atoms with van der Waals surface area (Å²) in [6.07, 6.45) is 56.3. The third-order valence-electron chi connectivity index (χ3n) is 11.9. The highest BCUT2D eigenvalue weighted by Gasteiger charge is 2.28. The van der Waals surface area contributed by atoms with Gasteiger partial charge in [-0.3, -0.25) is 23.4 Å². The lowest BCUT2D eigenvalue weighted by atomic mass is 10.0. The van der Waals surface area contributed by atoms with E-state index in [1.807, 2.05) is 12.2 Å². The first kappa shape index (κ1) is 67.2. The van der Waals surface area contributed by atoms with Crippen molar-refractivity contribution in [1.29, 1.82) is 0 Å². The Balaban J connectivity index is 4.76. The van der Waals surface area contributed by atoms with Crippen molar-refractivity contribution < 1.29 is 52.2 Å². The highest BCUT2D eigenvalue weighted by molar-refractivity contribution is 7.47. The van der Waals surface area contributed by atoms with Crippen molar-refractivity contribution in [2.45, 2.75) is 264 Å². The van der Waals surface area contributed by atoms with E-state index in [1.165, 1.54) is 122 Å². The van der Waals surface area contributed by atoms with Gasteiger partial charge in [-0.05, 0) is 70.6 Å². The van der Waals surface area contributed by atoms with Crippen LogP contribution in [0.4, 0.5) is 0 Å². The number of ether oxygens (including phenoxy) is 3. The highest BCUT2D eigenvalue weighted by atomic mass is 31.2. The molecule has 3 unspecified atom stereocenters. The maximum Gasteiger partial charge on any atom is 0.472 e. The Kier molecular flexibility index (Phi) is 50.4. The Bertz CT molecular complexity index is 1410. The van der Waals surface area contributed by atoms with E-state index >= 15 is 0 Å². The summed E-state index contributed by atoms with van der Waals surface area (Å²) in [6, 6.07) is 0. The molecule has 0 saturated carbocycles. The molecule has 0 aliphatic rings. The Hall–Kier alpha value is -2.82. The summed E-state index contributed by atoms with van der Waals surface area (Å²) in [5, 5.41) is 9.79. The normalized spacial score (nSPS) is 13.8. The third kappa shape index (κ3) is 50.1. The largest absolute Gasteiger partial charge is 0.472 e. The third-order valence-corrected chi connectivity index (χ3v) is 12.9. The van der Waals surface area contributed by atoms with Crippen molar-refractivity contribution in [2.24, 2.45) is 0 Å². The predicted molar refractivity (Wildman–Crippen MR) is 288 cm³/mol. The minimum absolute atomic E-state index is 0.0464. The van der Waals surface area contributed by atoms with E-state index in [4.69, 9.17) is 23.3 Å². The molecular weight excluding hydrogens is 904 g/mol. The molecule has 0 fully saturated rings. The lowest BCUT2D eigenvalue weighted by molar-refractivity contribution is -0.161. The van der Waals surface area contributed by atoms with E-state index < -0.39 is 57.8 Å². The lowest BCUT2D eigenvalue weighted by Crippen LogP contribution is -2.30. The fourth-order valence-electron chi connectivity index (χ4n) is 7.66. The standard InChI is InChI=1S/C58H103O11P/c1-4-7-10-13-16-19-22-25-26-27-28-31-32-35-38-41-44-47-56(60)65-51-55(69-58(62)49-46-43-40-37-34-30-24-21-18-15-12-9-6-3)53-67-70(63,64)66-52-54(50-59)68-57(61)48-45-42-39-36-33-29-23-20-17-14-11-8-5-2/h9,12,18,21,25-26,30,34,40,43,54-55,59H,4-8,10-11,13-17,19-20,22-24,27-29,31-33,35-39,41-42,44-53H2,1-3H3,(H,63,64)/b12-9-,21-18-,26-25-,34-30-,43-40-. The summed E-state index contributed by atoms with van der Waals surface area (Å²) in [5.41, 5.74) is 0. The average molecular weight is 1010 g/mol. The van der Waals surface area contributed by atoms with Gasteiger partial charge in [0.15, 0.2) is 6.10 Å². The number of esters is 3. The van der Waals surface area contributed by atoms with Crippen molar-refractivity contribution >= 4 is 25.7 Å². The van der Waals surface area contributed by atoms with Crippen molar-refractivity contribution in [3.05, 3.63) is 60.8 Å². The molecule has 0 rings (SSSR count). The second-order valence-electron chi connectivity index (χ2n) is 18.7. The zero-order valence-corrected chi connectivity index (χ0v) is 45.6. The maximum absolute atomic E-state index is 12.9. The van der Waals surface area contributed by atoms with Gasteiger partial charge in [-0.2, -0.15) is 0 Å². The second-order valence-corrected chi connectivity index (χ2v) is 20.2.